The molecule has 3 rings (SSSR count). The van der Waals surface area contributed by atoms with Gasteiger partial charge in [-0.2, -0.15) is 0 Å². The maximum atomic E-state index is 6.17. The van der Waals surface area contributed by atoms with Gasteiger partial charge >= 0.3 is 0 Å². The molecule has 0 saturated carbocycles. The summed E-state index contributed by atoms with van der Waals surface area (Å²) in [6.45, 7) is 5.88. The summed E-state index contributed by atoms with van der Waals surface area (Å²) in [7, 11) is 0. The number of benzene rings is 1. The average molecular weight is 279 g/mol. The first-order chi connectivity index (χ1) is 9.29. The van der Waals surface area contributed by atoms with Gasteiger partial charge in [0, 0.05) is 23.7 Å². The highest BCUT2D eigenvalue weighted by molar-refractivity contribution is 6.30. The Bertz CT molecular complexity index is 435. The summed E-state index contributed by atoms with van der Waals surface area (Å²) >= 11 is 6.17. The summed E-state index contributed by atoms with van der Waals surface area (Å²) in [5, 5.41) is 4.42. The van der Waals surface area contributed by atoms with Crippen molar-refractivity contribution in [1.29, 1.82) is 0 Å². The van der Waals surface area contributed by atoms with E-state index in [4.69, 9.17) is 11.6 Å². The third-order valence-corrected chi connectivity index (χ3v) is 4.98. The van der Waals surface area contributed by atoms with Crippen molar-refractivity contribution in [3.05, 3.63) is 34.9 Å². The highest BCUT2D eigenvalue weighted by Gasteiger charge is 2.37. The second-order valence-corrected chi connectivity index (χ2v) is 6.28. The Morgan fingerprint density at radius 2 is 2.32 bits per heavy atom. The zero-order chi connectivity index (χ0) is 13.2. The molecular formula is C16H23ClN2. The highest BCUT2D eigenvalue weighted by atomic mass is 35.5. The molecule has 3 atom stereocenters. The maximum absolute atomic E-state index is 6.17. The van der Waals surface area contributed by atoms with E-state index in [-0.39, 0.29) is 0 Å². The van der Waals surface area contributed by atoms with Crippen molar-refractivity contribution in [2.75, 3.05) is 19.6 Å². The first-order valence-corrected chi connectivity index (χ1v) is 7.89. The van der Waals surface area contributed by atoms with Gasteiger partial charge in [0.25, 0.3) is 0 Å². The van der Waals surface area contributed by atoms with E-state index >= 15 is 0 Å². The summed E-state index contributed by atoms with van der Waals surface area (Å²) < 4.78 is 0. The standard InChI is InChI=1S/C16H23ClN2/c1-2-15(12-5-3-7-14(17)9-12)19-8-4-6-13-10-18-11-16(13)19/h3,5,7,9,13,15-16,18H,2,4,6,8,10-11H2,1H3. The van der Waals surface area contributed by atoms with Crippen LogP contribution in [-0.4, -0.2) is 30.6 Å². The van der Waals surface area contributed by atoms with Crippen LogP contribution in [0.25, 0.3) is 0 Å². The monoisotopic (exact) mass is 278 g/mol. The molecule has 3 heteroatoms. The Morgan fingerprint density at radius 3 is 3.11 bits per heavy atom. The van der Waals surface area contributed by atoms with Crippen LogP contribution in [0.2, 0.25) is 5.02 Å². The van der Waals surface area contributed by atoms with E-state index in [0.717, 1.165) is 29.9 Å². The molecule has 2 heterocycles. The average Bonchev–Trinajstić information content (AvgIpc) is 2.89. The lowest BCUT2D eigenvalue weighted by atomic mass is 9.88. The van der Waals surface area contributed by atoms with Gasteiger partial charge in [-0.05, 0) is 56.0 Å². The van der Waals surface area contributed by atoms with Crippen LogP contribution in [0, 0.1) is 5.92 Å². The van der Waals surface area contributed by atoms with E-state index in [1.54, 1.807) is 0 Å². The van der Waals surface area contributed by atoms with Crippen LogP contribution in [0.5, 0.6) is 0 Å². The van der Waals surface area contributed by atoms with Gasteiger partial charge in [0.1, 0.15) is 0 Å². The predicted octanol–water partition coefficient (Wildman–Crippen LogP) is 3.47. The number of nitrogens with one attached hydrogen (secondary N) is 1. The molecule has 2 aliphatic rings. The minimum absolute atomic E-state index is 0.520. The molecule has 0 radical (unpaired) electrons. The SMILES string of the molecule is CCC(c1cccc(Cl)c1)N1CCCC2CNCC21. The van der Waals surface area contributed by atoms with Crippen molar-refractivity contribution in [2.24, 2.45) is 5.92 Å². The second kappa shape index (κ2) is 5.82. The molecule has 2 nitrogen and oxygen atoms in total. The molecule has 2 aliphatic heterocycles. The largest absolute Gasteiger partial charge is 0.315 e. The Morgan fingerprint density at radius 1 is 1.42 bits per heavy atom. The molecule has 2 fully saturated rings. The number of hydrogen-bond donors (Lipinski definition) is 1. The fourth-order valence-electron chi connectivity index (χ4n) is 3.87. The van der Waals surface area contributed by atoms with Crippen molar-refractivity contribution < 1.29 is 0 Å². The van der Waals surface area contributed by atoms with Crippen LogP contribution < -0.4 is 5.32 Å². The first-order valence-electron chi connectivity index (χ1n) is 7.51. The van der Waals surface area contributed by atoms with Crippen LogP contribution in [-0.2, 0) is 0 Å². The van der Waals surface area contributed by atoms with Crippen molar-refractivity contribution in [3.63, 3.8) is 0 Å². The number of nitrogens with zero attached hydrogens (tertiary/aromatic N) is 1. The molecule has 0 aromatic heterocycles. The Hall–Kier alpha value is -0.570. The molecule has 3 unspecified atom stereocenters. The van der Waals surface area contributed by atoms with Gasteiger partial charge in [0.15, 0.2) is 0 Å². The summed E-state index contributed by atoms with van der Waals surface area (Å²) in [5.74, 6) is 0.849. The topological polar surface area (TPSA) is 15.3 Å². The summed E-state index contributed by atoms with van der Waals surface area (Å²) in [6, 6.07) is 9.65. The van der Waals surface area contributed by atoms with Gasteiger partial charge in [0.05, 0.1) is 0 Å². The lowest BCUT2D eigenvalue weighted by Crippen LogP contribution is -2.46. The molecular weight excluding hydrogens is 256 g/mol. The van der Waals surface area contributed by atoms with E-state index < -0.39 is 0 Å². The lowest BCUT2D eigenvalue weighted by molar-refractivity contribution is 0.0744. The third kappa shape index (κ3) is 2.67. The van der Waals surface area contributed by atoms with Crippen molar-refractivity contribution in [2.45, 2.75) is 38.3 Å². The molecule has 19 heavy (non-hydrogen) atoms. The molecule has 1 aromatic rings. The number of fused-ring (bicyclic) bond motifs is 1. The Kier molecular flexibility index (Phi) is 4.11. The van der Waals surface area contributed by atoms with E-state index in [1.807, 2.05) is 6.07 Å². The molecule has 0 aliphatic carbocycles. The van der Waals surface area contributed by atoms with Crippen molar-refractivity contribution in [3.8, 4) is 0 Å². The van der Waals surface area contributed by atoms with E-state index in [0.29, 0.717) is 6.04 Å². The maximum Gasteiger partial charge on any atom is 0.0409 e. The smallest absolute Gasteiger partial charge is 0.0409 e. The van der Waals surface area contributed by atoms with Gasteiger partial charge in [-0.1, -0.05) is 30.7 Å². The fourth-order valence-corrected chi connectivity index (χ4v) is 4.06. The molecule has 1 aromatic carbocycles. The fraction of sp³-hybridized carbons (Fsp3) is 0.625. The number of hydrogen-bond acceptors (Lipinski definition) is 2. The van der Waals surface area contributed by atoms with Crippen LogP contribution in [0.4, 0.5) is 0 Å². The number of halogens is 1. The minimum Gasteiger partial charge on any atom is -0.315 e. The quantitative estimate of drug-likeness (QED) is 0.911. The predicted molar refractivity (Wildman–Crippen MR) is 80.6 cm³/mol. The molecule has 104 valence electrons. The summed E-state index contributed by atoms with van der Waals surface area (Å²) in [6.07, 6.45) is 3.88. The molecule has 1 N–H and O–H groups in total. The van der Waals surface area contributed by atoms with Crippen LogP contribution in [0.3, 0.4) is 0 Å². The van der Waals surface area contributed by atoms with Crippen molar-refractivity contribution >= 4 is 11.6 Å². The number of piperidine rings is 1. The third-order valence-electron chi connectivity index (χ3n) is 4.74. The van der Waals surface area contributed by atoms with Gasteiger partial charge in [-0.15, -0.1) is 0 Å². The van der Waals surface area contributed by atoms with Gasteiger partial charge < -0.3 is 5.32 Å². The molecule has 0 amide bonds. The van der Waals surface area contributed by atoms with E-state index in [1.165, 1.54) is 31.5 Å². The van der Waals surface area contributed by atoms with E-state index in [2.05, 4.69) is 35.3 Å². The van der Waals surface area contributed by atoms with Crippen LogP contribution in [0.15, 0.2) is 24.3 Å². The zero-order valence-corrected chi connectivity index (χ0v) is 12.4. The summed E-state index contributed by atoms with van der Waals surface area (Å²) in [4.78, 5) is 2.72. The van der Waals surface area contributed by atoms with Gasteiger partial charge in [-0.25, -0.2) is 0 Å². The first kappa shape index (κ1) is 13.4. The summed E-state index contributed by atoms with van der Waals surface area (Å²) in [5.41, 5.74) is 1.38. The van der Waals surface area contributed by atoms with Crippen LogP contribution >= 0.6 is 11.6 Å². The van der Waals surface area contributed by atoms with Gasteiger partial charge in [0.2, 0.25) is 0 Å². The molecule has 0 spiro atoms. The Labute approximate surface area is 121 Å². The highest BCUT2D eigenvalue weighted by Crippen LogP contribution is 2.35. The van der Waals surface area contributed by atoms with E-state index in [9.17, 15) is 0 Å². The van der Waals surface area contributed by atoms with Crippen molar-refractivity contribution in [1.82, 2.24) is 10.2 Å². The number of likely N-dealkylation sites (tertiary alicyclic amines) is 1. The van der Waals surface area contributed by atoms with Crippen LogP contribution in [0.1, 0.15) is 37.8 Å². The van der Waals surface area contributed by atoms with Gasteiger partial charge in [-0.3, -0.25) is 4.90 Å². The Balaban J connectivity index is 1.85. The minimum atomic E-state index is 0.520. The second-order valence-electron chi connectivity index (χ2n) is 5.84. The molecule has 0 bridgehead atoms. The lowest BCUT2D eigenvalue weighted by Gasteiger charge is -2.42. The zero-order valence-electron chi connectivity index (χ0n) is 11.6. The normalized spacial score (nSPS) is 29.2. The molecule has 2 saturated heterocycles. The number of rotatable bonds is 3.